The van der Waals surface area contributed by atoms with Crippen molar-refractivity contribution in [1.29, 1.82) is 0 Å². The van der Waals surface area contributed by atoms with Gasteiger partial charge in [-0.3, -0.25) is 9.52 Å². The number of sulfonamides is 1. The third-order valence-electron chi connectivity index (χ3n) is 3.97. The number of halogens is 1. The van der Waals surface area contributed by atoms with Crippen molar-refractivity contribution in [2.45, 2.75) is 17.7 Å². The highest BCUT2D eigenvalue weighted by Crippen LogP contribution is 2.31. The Labute approximate surface area is 151 Å². The quantitative estimate of drug-likeness (QED) is 0.855. The Morgan fingerprint density at radius 2 is 1.88 bits per heavy atom. The van der Waals surface area contributed by atoms with Crippen LogP contribution in [0.15, 0.2) is 41.3 Å². The van der Waals surface area contributed by atoms with Gasteiger partial charge in [0.15, 0.2) is 0 Å². The number of rotatable bonds is 4. The highest BCUT2D eigenvalue weighted by molar-refractivity contribution is 7.92. The van der Waals surface area contributed by atoms with Gasteiger partial charge in [-0.15, -0.1) is 0 Å². The second-order valence-electron chi connectivity index (χ2n) is 6.03. The number of fused-ring (bicyclic) bond motifs is 1. The van der Waals surface area contributed by atoms with Crippen LogP contribution in [-0.2, 0) is 21.2 Å². The standard InChI is InChI=1S/C17H18ClN3O3S/c1-21(2)16-7-4-12(18)10-15(16)20-25(23,24)13-5-6-14-11(9-13)3-8-17(22)19-14/h4-7,9-10,20H,3,8H2,1-2H3,(H,19,22). The Morgan fingerprint density at radius 3 is 2.60 bits per heavy atom. The average Bonchev–Trinajstić information content (AvgIpc) is 2.53. The minimum Gasteiger partial charge on any atom is -0.376 e. The molecule has 6 nitrogen and oxygen atoms in total. The number of carbonyl (C=O) groups excluding carboxylic acids is 1. The molecular weight excluding hydrogens is 362 g/mol. The monoisotopic (exact) mass is 379 g/mol. The van der Waals surface area contributed by atoms with E-state index in [1.165, 1.54) is 6.07 Å². The van der Waals surface area contributed by atoms with Gasteiger partial charge < -0.3 is 10.2 Å². The Hall–Kier alpha value is -2.25. The van der Waals surface area contributed by atoms with Crippen LogP contribution < -0.4 is 14.9 Å². The van der Waals surface area contributed by atoms with Crippen molar-refractivity contribution in [2.75, 3.05) is 29.0 Å². The molecule has 0 aromatic heterocycles. The highest BCUT2D eigenvalue weighted by atomic mass is 35.5. The van der Waals surface area contributed by atoms with E-state index >= 15 is 0 Å². The number of amides is 1. The number of hydrogen-bond acceptors (Lipinski definition) is 4. The lowest BCUT2D eigenvalue weighted by atomic mass is 10.0. The number of aryl methyl sites for hydroxylation is 1. The first kappa shape index (κ1) is 17.6. The molecule has 0 atom stereocenters. The van der Waals surface area contributed by atoms with Crippen molar-refractivity contribution in [2.24, 2.45) is 0 Å². The molecule has 8 heteroatoms. The van der Waals surface area contributed by atoms with Crippen molar-refractivity contribution in [3.8, 4) is 0 Å². The summed E-state index contributed by atoms with van der Waals surface area (Å²) < 4.78 is 28.2. The van der Waals surface area contributed by atoms with Crippen molar-refractivity contribution in [1.82, 2.24) is 0 Å². The number of anilines is 3. The zero-order valence-electron chi connectivity index (χ0n) is 13.8. The van der Waals surface area contributed by atoms with Crippen molar-refractivity contribution < 1.29 is 13.2 Å². The van der Waals surface area contributed by atoms with Crippen LogP contribution in [-0.4, -0.2) is 28.4 Å². The molecule has 2 N–H and O–H groups in total. The molecule has 0 bridgehead atoms. The lowest BCUT2D eigenvalue weighted by molar-refractivity contribution is -0.116. The molecular formula is C17H18ClN3O3S. The SMILES string of the molecule is CN(C)c1ccc(Cl)cc1NS(=O)(=O)c1ccc2c(c1)CCC(=O)N2. The highest BCUT2D eigenvalue weighted by Gasteiger charge is 2.21. The molecule has 1 heterocycles. The second kappa shape index (κ2) is 6.57. The molecule has 0 fully saturated rings. The van der Waals surface area contributed by atoms with E-state index in [0.717, 1.165) is 5.56 Å². The molecule has 0 saturated carbocycles. The molecule has 0 unspecified atom stereocenters. The minimum absolute atomic E-state index is 0.0595. The van der Waals surface area contributed by atoms with Gasteiger partial charge >= 0.3 is 0 Å². The zero-order chi connectivity index (χ0) is 18.2. The summed E-state index contributed by atoms with van der Waals surface area (Å²) in [6.07, 6.45) is 0.869. The van der Waals surface area contributed by atoms with Gasteiger partial charge in [0.05, 0.1) is 16.3 Å². The van der Waals surface area contributed by atoms with Crippen molar-refractivity contribution in [3.05, 3.63) is 47.0 Å². The van der Waals surface area contributed by atoms with Crippen LogP contribution in [0.5, 0.6) is 0 Å². The molecule has 1 aliphatic heterocycles. The van der Waals surface area contributed by atoms with Crippen LogP contribution in [0, 0.1) is 0 Å². The molecule has 3 rings (SSSR count). The molecule has 1 amide bonds. The number of nitrogens with zero attached hydrogens (tertiary/aromatic N) is 1. The maximum atomic E-state index is 12.8. The molecule has 0 spiro atoms. The lowest BCUT2D eigenvalue weighted by Crippen LogP contribution is -2.20. The Bertz CT molecular complexity index is 942. The van der Waals surface area contributed by atoms with Crippen LogP contribution >= 0.6 is 11.6 Å². The predicted molar refractivity (Wildman–Crippen MR) is 100.0 cm³/mol. The predicted octanol–water partition coefficient (Wildman–Crippen LogP) is 3.09. The van der Waals surface area contributed by atoms with Crippen LogP contribution in [0.1, 0.15) is 12.0 Å². The van der Waals surface area contributed by atoms with E-state index in [4.69, 9.17) is 11.6 Å². The van der Waals surface area contributed by atoms with Crippen molar-refractivity contribution >= 4 is 44.6 Å². The van der Waals surface area contributed by atoms with E-state index < -0.39 is 10.0 Å². The summed E-state index contributed by atoms with van der Waals surface area (Å²) >= 11 is 6.01. The van der Waals surface area contributed by atoms with Crippen molar-refractivity contribution in [3.63, 3.8) is 0 Å². The van der Waals surface area contributed by atoms with Gasteiger partial charge in [0.1, 0.15) is 0 Å². The first-order chi connectivity index (χ1) is 11.8. The fraction of sp³-hybridized carbons (Fsp3) is 0.235. The van der Waals surface area contributed by atoms with E-state index in [9.17, 15) is 13.2 Å². The molecule has 132 valence electrons. The topological polar surface area (TPSA) is 78.5 Å². The lowest BCUT2D eigenvalue weighted by Gasteiger charge is -2.20. The van der Waals surface area contributed by atoms with E-state index in [0.29, 0.717) is 34.9 Å². The Balaban J connectivity index is 1.96. The Morgan fingerprint density at radius 1 is 1.12 bits per heavy atom. The average molecular weight is 380 g/mol. The van der Waals surface area contributed by atoms with Crippen LogP contribution in [0.4, 0.5) is 17.1 Å². The van der Waals surface area contributed by atoms with Gasteiger partial charge in [-0.05, 0) is 48.4 Å². The van der Waals surface area contributed by atoms with Gasteiger partial charge in [0.25, 0.3) is 10.0 Å². The molecule has 0 aliphatic carbocycles. The van der Waals surface area contributed by atoms with Crippen LogP contribution in [0.3, 0.4) is 0 Å². The number of hydrogen-bond donors (Lipinski definition) is 2. The summed E-state index contributed by atoms with van der Waals surface area (Å²) in [4.78, 5) is 13.4. The third kappa shape index (κ3) is 3.72. The maximum Gasteiger partial charge on any atom is 0.261 e. The normalized spacial score (nSPS) is 13.8. The number of carbonyl (C=O) groups is 1. The van der Waals surface area contributed by atoms with Crippen LogP contribution in [0.25, 0.3) is 0 Å². The van der Waals surface area contributed by atoms with E-state index in [-0.39, 0.29) is 10.8 Å². The first-order valence-electron chi connectivity index (χ1n) is 7.69. The molecule has 2 aromatic carbocycles. The summed E-state index contributed by atoms with van der Waals surface area (Å²) in [5.41, 5.74) is 2.58. The summed E-state index contributed by atoms with van der Waals surface area (Å²) in [6, 6.07) is 9.72. The second-order valence-corrected chi connectivity index (χ2v) is 8.15. The summed E-state index contributed by atoms with van der Waals surface area (Å²) in [7, 11) is -0.137. The Kier molecular flexibility index (Phi) is 4.62. The molecule has 2 aromatic rings. The van der Waals surface area contributed by atoms with Gasteiger partial charge in [-0.2, -0.15) is 0 Å². The summed E-state index contributed by atoms with van der Waals surface area (Å²) in [5, 5.41) is 3.18. The van der Waals surface area contributed by atoms with Gasteiger partial charge in [-0.25, -0.2) is 8.42 Å². The first-order valence-corrected chi connectivity index (χ1v) is 9.55. The van der Waals surface area contributed by atoms with Gasteiger partial charge in [0, 0.05) is 31.2 Å². The summed E-state index contributed by atoms with van der Waals surface area (Å²) in [5.74, 6) is -0.0595. The van der Waals surface area contributed by atoms with E-state index in [2.05, 4.69) is 10.0 Å². The molecule has 1 aliphatic rings. The third-order valence-corrected chi connectivity index (χ3v) is 5.57. The van der Waals surface area contributed by atoms with Gasteiger partial charge in [0.2, 0.25) is 5.91 Å². The smallest absolute Gasteiger partial charge is 0.261 e. The molecule has 25 heavy (non-hydrogen) atoms. The summed E-state index contributed by atoms with van der Waals surface area (Å²) in [6.45, 7) is 0. The molecule has 0 radical (unpaired) electrons. The fourth-order valence-corrected chi connectivity index (χ4v) is 4.00. The largest absolute Gasteiger partial charge is 0.376 e. The zero-order valence-corrected chi connectivity index (χ0v) is 15.4. The van der Waals surface area contributed by atoms with E-state index in [1.54, 1.807) is 35.2 Å². The fourth-order valence-electron chi connectivity index (χ4n) is 2.71. The number of nitrogens with one attached hydrogen (secondary N) is 2. The molecule has 0 saturated heterocycles. The minimum atomic E-state index is -3.78. The van der Waals surface area contributed by atoms with Crippen LogP contribution in [0.2, 0.25) is 5.02 Å². The maximum absolute atomic E-state index is 12.8. The number of benzene rings is 2. The van der Waals surface area contributed by atoms with Gasteiger partial charge in [-0.1, -0.05) is 11.6 Å². The van der Waals surface area contributed by atoms with E-state index in [1.807, 2.05) is 14.1 Å².